The van der Waals surface area contributed by atoms with Crippen LogP contribution in [0.4, 0.5) is 5.69 Å². The first kappa shape index (κ1) is 22.9. The van der Waals surface area contributed by atoms with Gasteiger partial charge in [-0.15, -0.1) is 0 Å². The van der Waals surface area contributed by atoms with Crippen molar-refractivity contribution in [2.45, 2.75) is 6.54 Å². The van der Waals surface area contributed by atoms with Gasteiger partial charge in [-0.25, -0.2) is 4.99 Å². The normalized spacial score (nSPS) is 13.8. The van der Waals surface area contributed by atoms with Crippen LogP contribution in [0.15, 0.2) is 142 Å². The fourth-order valence-electron chi connectivity index (χ4n) is 7.22. The molecule has 9 aromatic rings. The van der Waals surface area contributed by atoms with Crippen LogP contribution in [0.3, 0.4) is 0 Å². The van der Waals surface area contributed by atoms with Gasteiger partial charge in [-0.05, 0) is 58.1 Å². The molecule has 0 N–H and O–H groups in total. The monoisotopic (exact) mass is 549 g/mol. The van der Waals surface area contributed by atoms with Crippen molar-refractivity contribution >= 4 is 82.5 Å². The highest BCUT2D eigenvalue weighted by Crippen LogP contribution is 2.46. The second-order valence-corrected chi connectivity index (χ2v) is 11.3. The maximum Gasteiger partial charge on any atom is 0.164 e. The Morgan fingerprint density at radius 3 is 2.09 bits per heavy atom. The second kappa shape index (κ2) is 8.40. The predicted octanol–water partition coefficient (Wildman–Crippen LogP) is 10.0. The number of aromatic nitrogens is 1. The van der Waals surface area contributed by atoms with Crippen LogP contribution in [0.25, 0.3) is 65.3 Å². The number of fused-ring (bicyclic) bond motifs is 8. The fraction of sp³-hybridized carbons (Fsp3) is 0.0256. The minimum Gasteiger partial charge on any atom is -0.456 e. The lowest BCUT2D eigenvalue weighted by Gasteiger charge is -2.13. The van der Waals surface area contributed by atoms with E-state index >= 15 is 0 Å². The lowest BCUT2D eigenvalue weighted by molar-refractivity contribution is 0.669. The lowest BCUT2D eigenvalue weighted by Crippen LogP contribution is -2.23. The third-order valence-electron chi connectivity index (χ3n) is 9.02. The molecule has 0 aliphatic carbocycles. The van der Waals surface area contributed by atoms with Crippen molar-refractivity contribution in [1.29, 1.82) is 0 Å². The second-order valence-electron chi connectivity index (χ2n) is 11.3. The van der Waals surface area contributed by atoms with E-state index in [4.69, 9.17) is 14.4 Å². The third-order valence-corrected chi connectivity index (χ3v) is 9.02. The molecule has 200 valence electrons. The van der Waals surface area contributed by atoms with E-state index in [-0.39, 0.29) is 0 Å². The summed E-state index contributed by atoms with van der Waals surface area (Å²) in [4.78, 5) is 10.6. The van der Waals surface area contributed by atoms with E-state index in [0.29, 0.717) is 6.54 Å². The number of hydrogen-bond acceptors (Lipinski definition) is 3. The summed E-state index contributed by atoms with van der Waals surface area (Å²) in [6.45, 7) is 0.581. The zero-order valence-electron chi connectivity index (χ0n) is 23.1. The van der Waals surface area contributed by atoms with Gasteiger partial charge >= 0.3 is 0 Å². The SMILES string of the molecule is c1ccc(C2=NCc3ccccc3N=C2n2c3cccc4c5ccc6oc7ccccc7c6c5c5cccc2c5c43)cc1. The van der Waals surface area contributed by atoms with Gasteiger partial charge in [0, 0.05) is 32.5 Å². The molecular weight excluding hydrogens is 526 g/mol. The molecule has 4 heteroatoms. The first-order valence-electron chi connectivity index (χ1n) is 14.6. The minimum absolute atomic E-state index is 0.581. The molecule has 0 amide bonds. The summed E-state index contributed by atoms with van der Waals surface area (Å²) in [6.07, 6.45) is 0. The van der Waals surface area contributed by atoms with Crippen molar-refractivity contribution in [3.8, 4) is 0 Å². The van der Waals surface area contributed by atoms with Gasteiger partial charge in [-0.3, -0.25) is 9.56 Å². The maximum atomic E-state index is 6.35. The molecule has 1 aliphatic rings. The summed E-state index contributed by atoms with van der Waals surface area (Å²) >= 11 is 0. The van der Waals surface area contributed by atoms with E-state index in [1.165, 1.54) is 37.7 Å². The summed E-state index contributed by atoms with van der Waals surface area (Å²) in [6, 6.07) is 44.8. The number of furan rings is 1. The zero-order chi connectivity index (χ0) is 28.1. The van der Waals surface area contributed by atoms with Gasteiger partial charge in [0.25, 0.3) is 0 Å². The molecule has 0 saturated heterocycles. The largest absolute Gasteiger partial charge is 0.456 e. The van der Waals surface area contributed by atoms with Gasteiger partial charge in [0.15, 0.2) is 5.84 Å². The number of aliphatic imine (C=N–C) groups is 2. The molecule has 1 aliphatic heterocycles. The highest BCUT2D eigenvalue weighted by atomic mass is 16.3. The van der Waals surface area contributed by atoms with E-state index in [2.05, 4.69) is 120 Å². The molecule has 0 bridgehead atoms. The molecule has 0 radical (unpaired) electrons. The van der Waals surface area contributed by atoms with Gasteiger partial charge < -0.3 is 4.42 Å². The Bertz CT molecular complexity index is 2640. The third kappa shape index (κ3) is 3.04. The van der Waals surface area contributed by atoms with Gasteiger partial charge in [0.1, 0.15) is 16.9 Å². The maximum absolute atomic E-state index is 6.35. The summed E-state index contributed by atoms with van der Waals surface area (Å²) < 4.78 is 8.68. The van der Waals surface area contributed by atoms with Crippen LogP contribution in [0.1, 0.15) is 11.1 Å². The molecule has 43 heavy (non-hydrogen) atoms. The highest BCUT2D eigenvalue weighted by molar-refractivity contribution is 6.52. The Morgan fingerprint density at radius 2 is 1.21 bits per heavy atom. The molecule has 2 aromatic heterocycles. The standard InChI is InChI=1S/C39H23N3O/c1-2-10-23(11-3-1)38-39(41-29-16-6-4-12-24(29)22-40-38)42-30-17-8-14-25-26-20-21-33-37(27-13-5-7-19-32(27)43-33)34(26)28-15-9-18-31(42)36(28)35(25)30/h1-21H,22H2. The Balaban J connectivity index is 1.40. The van der Waals surface area contributed by atoms with Crippen LogP contribution in [0, 0.1) is 0 Å². The van der Waals surface area contributed by atoms with Crippen molar-refractivity contribution in [2.75, 3.05) is 0 Å². The van der Waals surface area contributed by atoms with Gasteiger partial charge in [0.05, 0.1) is 23.3 Å². The zero-order valence-corrected chi connectivity index (χ0v) is 23.1. The topological polar surface area (TPSA) is 42.8 Å². The van der Waals surface area contributed by atoms with Crippen molar-refractivity contribution in [2.24, 2.45) is 9.98 Å². The highest BCUT2D eigenvalue weighted by Gasteiger charge is 2.26. The smallest absolute Gasteiger partial charge is 0.164 e. The molecule has 4 nitrogen and oxygen atoms in total. The van der Waals surface area contributed by atoms with E-state index in [0.717, 1.165) is 55.9 Å². The first-order chi connectivity index (χ1) is 21.3. The molecule has 0 unspecified atom stereocenters. The Morgan fingerprint density at radius 1 is 0.512 bits per heavy atom. The van der Waals surface area contributed by atoms with Crippen molar-refractivity contribution in [3.05, 3.63) is 139 Å². The van der Waals surface area contributed by atoms with Crippen molar-refractivity contribution < 1.29 is 4.42 Å². The van der Waals surface area contributed by atoms with Crippen LogP contribution in [0.5, 0.6) is 0 Å². The predicted molar refractivity (Wildman–Crippen MR) is 179 cm³/mol. The Labute approximate surface area is 246 Å². The minimum atomic E-state index is 0.581. The van der Waals surface area contributed by atoms with E-state index in [1.807, 2.05) is 12.1 Å². The first-order valence-corrected chi connectivity index (χ1v) is 14.6. The molecule has 7 aromatic carbocycles. The summed E-state index contributed by atoms with van der Waals surface area (Å²) in [5.41, 5.74) is 8.11. The Kier molecular flexibility index (Phi) is 4.47. The van der Waals surface area contributed by atoms with Crippen LogP contribution in [0.2, 0.25) is 0 Å². The van der Waals surface area contributed by atoms with Gasteiger partial charge in [0.2, 0.25) is 0 Å². The fourth-order valence-corrected chi connectivity index (χ4v) is 7.22. The quantitative estimate of drug-likeness (QED) is 0.188. The Hall–Kier alpha value is -5.74. The van der Waals surface area contributed by atoms with E-state index in [9.17, 15) is 0 Å². The molecule has 0 spiro atoms. The molecule has 0 atom stereocenters. The molecule has 0 saturated carbocycles. The molecular formula is C39H23N3O. The summed E-state index contributed by atoms with van der Waals surface area (Å²) in [5, 5.41) is 9.72. The molecule has 10 rings (SSSR count). The van der Waals surface area contributed by atoms with Gasteiger partial charge in [-0.1, -0.05) is 91.0 Å². The van der Waals surface area contributed by atoms with E-state index in [1.54, 1.807) is 0 Å². The average Bonchev–Trinajstić information content (AvgIpc) is 3.54. The number of nitrogens with zero attached hydrogens (tertiary/aromatic N) is 3. The number of benzene rings is 7. The van der Waals surface area contributed by atoms with Crippen LogP contribution < -0.4 is 0 Å². The lowest BCUT2D eigenvalue weighted by atomic mass is 9.92. The van der Waals surface area contributed by atoms with Crippen molar-refractivity contribution in [3.63, 3.8) is 0 Å². The molecule has 3 heterocycles. The van der Waals surface area contributed by atoms with Crippen LogP contribution in [-0.4, -0.2) is 16.1 Å². The average molecular weight is 550 g/mol. The number of hydrogen-bond donors (Lipinski definition) is 0. The number of para-hydroxylation sites is 2. The van der Waals surface area contributed by atoms with Crippen LogP contribution >= 0.6 is 0 Å². The van der Waals surface area contributed by atoms with Crippen molar-refractivity contribution in [1.82, 2.24) is 4.57 Å². The number of rotatable bonds is 1. The van der Waals surface area contributed by atoms with Gasteiger partial charge in [-0.2, -0.15) is 0 Å². The van der Waals surface area contributed by atoms with Crippen LogP contribution in [-0.2, 0) is 6.54 Å². The molecule has 0 fully saturated rings. The summed E-state index contributed by atoms with van der Waals surface area (Å²) in [7, 11) is 0. The summed E-state index contributed by atoms with van der Waals surface area (Å²) in [5.74, 6) is 0.843. The van der Waals surface area contributed by atoms with E-state index < -0.39 is 0 Å².